The van der Waals surface area contributed by atoms with Crippen LogP contribution in [0, 0.1) is 0 Å². The summed E-state index contributed by atoms with van der Waals surface area (Å²) in [5.41, 5.74) is 1.13. The van der Waals surface area contributed by atoms with Crippen LogP contribution in [-0.4, -0.2) is 42.6 Å². The van der Waals surface area contributed by atoms with E-state index >= 15 is 0 Å². The van der Waals surface area contributed by atoms with Crippen LogP contribution in [0.3, 0.4) is 0 Å². The first-order chi connectivity index (χ1) is 8.63. The van der Waals surface area contributed by atoms with Crippen molar-refractivity contribution >= 4 is 11.5 Å². The van der Waals surface area contributed by atoms with Gasteiger partial charge in [0.1, 0.15) is 5.82 Å². The molecule has 0 aromatic carbocycles. The number of rotatable bonds is 8. The quantitative estimate of drug-likeness (QED) is 0.696. The zero-order valence-electron chi connectivity index (χ0n) is 12.0. The highest BCUT2D eigenvalue weighted by Crippen LogP contribution is 2.11. The molecule has 0 unspecified atom stereocenters. The zero-order valence-corrected chi connectivity index (χ0v) is 12.0. The van der Waals surface area contributed by atoms with E-state index in [0.29, 0.717) is 6.04 Å². The minimum Gasteiger partial charge on any atom is -0.385 e. The highest BCUT2D eigenvalue weighted by molar-refractivity contribution is 5.51. The zero-order chi connectivity index (χ0) is 13.4. The van der Waals surface area contributed by atoms with Crippen molar-refractivity contribution in [2.24, 2.45) is 0 Å². The Balaban J connectivity index is 2.28. The molecule has 0 bridgehead atoms. The third-order valence-electron chi connectivity index (χ3n) is 3.02. The summed E-state index contributed by atoms with van der Waals surface area (Å²) in [5, 5.41) is 6.64. The molecule has 0 aliphatic heterocycles. The highest BCUT2D eigenvalue weighted by Gasteiger charge is 2.02. The van der Waals surface area contributed by atoms with Gasteiger partial charge in [0.15, 0.2) is 0 Å². The molecule has 1 aromatic rings. The van der Waals surface area contributed by atoms with E-state index in [-0.39, 0.29) is 0 Å². The van der Waals surface area contributed by atoms with E-state index in [2.05, 4.69) is 54.4 Å². The maximum atomic E-state index is 4.25. The fraction of sp³-hybridized carbons (Fsp3) is 0.643. The van der Waals surface area contributed by atoms with Crippen molar-refractivity contribution in [3.05, 3.63) is 18.3 Å². The van der Waals surface area contributed by atoms with Gasteiger partial charge in [0.25, 0.3) is 0 Å². The van der Waals surface area contributed by atoms with Crippen LogP contribution in [0.2, 0.25) is 0 Å². The smallest absolute Gasteiger partial charge is 0.127 e. The number of nitrogens with one attached hydrogen (secondary N) is 2. The maximum Gasteiger partial charge on any atom is 0.127 e. The van der Waals surface area contributed by atoms with E-state index < -0.39 is 0 Å². The molecule has 4 heteroatoms. The van der Waals surface area contributed by atoms with Crippen LogP contribution in [0.15, 0.2) is 18.3 Å². The lowest BCUT2D eigenvalue weighted by molar-refractivity contribution is 0.273. The van der Waals surface area contributed by atoms with Gasteiger partial charge in [-0.05, 0) is 46.9 Å². The van der Waals surface area contributed by atoms with Crippen LogP contribution < -0.4 is 10.6 Å². The predicted octanol–water partition coefficient (Wildman–Crippen LogP) is 2.66. The first kappa shape index (κ1) is 14.8. The van der Waals surface area contributed by atoms with Crippen molar-refractivity contribution < 1.29 is 0 Å². The van der Waals surface area contributed by atoms with Gasteiger partial charge in [0.2, 0.25) is 0 Å². The van der Waals surface area contributed by atoms with Gasteiger partial charge < -0.3 is 15.5 Å². The fourth-order valence-electron chi connectivity index (χ4n) is 1.64. The Morgan fingerprint density at radius 3 is 2.78 bits per heavy atom. The molecule has 0 fully saturated rings. The van der Waals surface area contributed by atoms with Crippen molar-refractivity contribution in [3.8, 4) is 0 Å². The molecule has 0 amide bonds. The Morgan fingerprint density at radius 1 is 1.33 bits per heavy atom. The summed E-state index contributed by atoms with van der Waals surface area (Å²) in [7, 11) is 2.17. The third kappa shape index (κ3) is 5.36. The Bertz CT molecular complexity index is 338. The Kier molecular flexibility index (Phi) is 6.50. The molecule has 0 atom stereocenters. The van der Waals surface area contributed by atoms with Crippen molar-refractivity contribution in [2.45, 2.75) is 33.2 Å². The van der Waals surface area contributed by atoms with Crippen molar-refractivity contribution in [1.29, 1.82) is 0 Å². The molecule has 1 heterocycles. The maximum absolute atomic E-state index is 4.25. The molecule has 102 valence electrons. The lowest BCUT2D eigenvalue weighted by atomic mass is 10.3. The van der Waals surface area contributed by atoms with E-state index in [0.717, 1.165) is 37.6 Å². The second-order valence-corrected chi connectivity index (χ2v) is 4.81. The Morgan fingerprint density at radius 2 is 2.11 bits per heavy atom. The van der Waals surface area contributed by atoms with Gasteiger partial charge in [0, 0.05) is 37.1 Å². The Hall–Kier alpha value is -1.29. The van der Waals surface area contributed by atoms with Crippen molar-refractivity contribution in [3.63, 3.8) is 0 Å². The highest BCUT2D eigenvalue weighted by atomic mass is 15.1. The van der Waals surface area contributed by atoms with Gasteiger partial charge >= 0.3 is 0 Å². The third-order valence-corrected chi connectivity index (χ3v) is 3.02. The van der Waals surface area contributed by atoms with Gasteiger partial charge in [0.05, 0.1) is 0 Å². The molecule has 2 N–H and O–H groups in total. The molecule has 4 nitrogen and oxygen atoms in total. The lowest BCUT2D eigenvalue weighted by Crippen LogP contribution is -2.28. The summed E-state index contributed by atoms with van der Waals surface area (Å²) in [4.78, 5) is 6.61. The molecule has 0 saturated carbocycles. The number of pyridine rings is 1. The van der Waals surface area contributed by atoms with Crippen LogP contribution in [0.25, 0.3) is 0 Å². The summed E-state index contributed by atoms with van der Waals surface area (Å²) >= 11 is 0. The first-order valence-electron chi connectivity index (χ1n) is 6.77. The second kappa shape index (κ2) is 7.93. The SMILES string of the molecule is CCNc1cc(NCCCN(C)C(C)C)ccn1. The molecule has 0 radical (unpaired) electrons. The first-order valence-corrected chi connectivity index (χ1v) is 6.77. The van der Waals surface area contributed by atoms with Crippen LogP contribution in [0.1, 0.15) is 27.2 Å². The molecular weight excluding hydrogens is 224 g/mol. The molecule has 0 spiro atoms. The number of nitrogens with zero attached hydrogens (tertiary/aromatic N) is 2. The van der Waals surface area contributed by atoms with Gasteiger partial charge in [-0.2, -0.15) is 0 Å². The van der Waals surface area contributed by atoms with E-state index in [1.54, 1.807) is 0 Å². The minimum atomic E-state index is 0.617. The summed E-state index contributed by atoms with van der Waals surface area (Å²) < 4.78 is 0. The fourth-order valence-corrected chi connectivity index (χ4v) is 1.64. The van der Waals surface area contributed by atoms with Gasteiger partial charge in [-0.15, -0.1) is 0 Å². The monoisotopic (exact) mass is 250 g/mol. The average molecular weight is 250 g/mol. The van der Waals surface area contributed by atoms with Crippen molar-refractivity contribution in [2.75, 3.05) is 37.3 Å². The molecule has 1 aromatic heterocycles. The summed E-state index contributed by atoms with van der Waals surface area (Å²) in [6, 6.07) is 4.68. The molecule has 1 rings (SSSR count). The van der Waals surface area contributed by atoms with E-state index in [9.17, 15) is 0 Å². The summed E-state index contributed by atoms with van der Waals surface area (Å²) in [6.07, 6.45) is 2.98. The van der Waals surface area contributed by atoms with Crippen LogP contribution >= 0.6 is 0 Å². The average Bonchev–Trinajstić information content (AvgIpc) is 2.35. The largest absolute Gasteiger partial charge is 0.385 e. The van der Waals surface area contributed by atoms with Crippen LogP contribution in [0.4, 0.5) is 11.5 Å². The van der Waals surface area contributed by atoms with Crippen molar-refractivity contribution in [1.82, 2.24) is 9.88 Å². The van der Waals surface area contributed by atoms with Crippen LogP contribution in [-0.2, 0) is 0 Å². The normalized spacial score (nSPS) is 11.0. The summed E-state index contributed by atoms with van der Waals surface area (Å²) in [5.74, 6) is 0.932. The standard InChI is InChI=1S/C14H26N4/c1-5-15-14-11-13(7-9-17-14)16-8-6-10-18(4)12(2)3/h7,9,11-12H,5-6,8,10H2,1-4H3,(H2,15,16,17). The van der Waals surface area contributed by atoms with Gasteiger partial charge in [-0.25, -0.2) is 4.98 Å². The Labute approximate surface area is 111 Å². The topological polar surface area (TPSA) is 40.2 Å². The number of hydrogen-bond acceptors (Lipinski definition) is 4. The summed E-state index contributed by atoms with van der Waals surface area (Å²) in [6.45, 7) is 9.53. The minimum absolute atomic E-state index is 0.617. The molecule has 0 aliphatic rings. The number of anilines is 2. The van der Waals surface area contributed by atoms with Gasteiger partial charge in [-0.3, -0.25) is 0 Å². The number of aromatic nitrogens is 1. The molecule has 0 saturated heterocycles. The van der Waals surface area contributed by atoms with E-state index in [1.165, 1.54) is 0 Å². The second-order valence-electron chi connectivity index (χ2n) is 4.81. The number of hydrogen-bond donors (Lipinski definition) is 2. The predicted molar refractivity (Wildman–Crippen MR) is 79.3 cm³/mol. The van der Waals surface area contributed by atoms with E-state index in [1.807, 2.05) is 12.3 Å². The van der Waals surface area contributed by atoms with Crippen LogP contribution in [0.5, 0.6) is 0 Å². The van der Waals surface area contributed by atoms with E-state index in [4.69, 9.17) is 0 Å². The lowest BCUT2D eigenvalue weighted by Gasteiger charge is -2.20. The van der Waals surface area contributed by atoms with Gasteiger partial charge in [-0.1, -0.05) is 0 Å². The molecule has 0 aliphatic carbocycles. The molecular formula is C14H26N4. The molecule has 18 heavy (non-hydrogen) atoms.